The summed E-state index contributed by atoms with van der Waals surface area (Å²) in [5.74, 6) is 0.855. The number of nitrogens with one attached hydrogen (secondary N) is 1. The molecule has 0 aromatic rings. The minimum atomic E-state index is -4.00. The van der Waals surface area contributed by atoms with Crippen LogP contribution in [0.25, 0.3) is 0 Å². The number of hydrogen-bond donors (Lipinski definition) is 1. The average molecular weight is 251 g/mol. The van der Waals surface area contributed by atoms with Gasteiger partial charge in [-0.25, -0.2) is 0 Å². The van der Waals surface area contributed by atoms with Gasteiger partial charge in [0.1, 0.15) is 0 Å². The first-order valence-electron chi connectivity index (χ1n) is 6.81. The first kappa shape index (κ1) is 14.8. The summed E-state index contributed by atoms with van der Waals surface area (Å²) in [6.07, 6.45) is 2.85. The van der Waals surface area contributed by atoms with Gasteiger partial charge >= 0.3 is 6.18 Å². The zero-order chi connectivity index (χ0) is 12.7. The summed E-state index contributed by atoms with van der Waals surface area (Å²) in [4.78, 5) is 0. The number of hydrogen-bond acceptors (Lipinski definition) is 1. The van der Waals surface area contributed by atoms with E-state index in [4.69, 9.17) is 0 Å². The molecule has 0 aromatic heterocycles. The second kappa shape index (κ2) is 7.24. The van der Waals surface area contributed by atoms with Crippen LogP contribution < -0.4 is 5.32 Å². The van der Waals surface area contributed by atoms with E-state index in [9.17, 15) is 13.2 Å². The van der Waals surface area contributed by atoms with Crippen LogP contribution in [-0.2, 0) is 0 Å². The smallest absolute Gasteiger partial charge is 0.314 e. The van der Waals surface area contributed by atoms with Crippen molar-refractivity contribution in [2.45, 2.75) is 70.5 Å². The summed E-state index contributed by atoms with van der Waals surface area (Å²) in [7, 11) is 0. The predicted molar refractivity (Wildman–Crippen MR) is 63.9 cm³/mol. The van der Waals surface area contributed by atoms with Gasteiger partial charge in [-0.1, -0.05) is 19.8 Å². The van der Waals surface area contributed by atoms with E-state index >= 15 is 0 Å². The third-order valence-corrected chi connectivity index (χ3v) is 3.61. The Balaban J connectivity index is 2.02. The molecule has 102 valence electrons. The molecule has 17 heavy (non-hydrogen) atoms. The molecule has 4 heteroatoms. The fourth-order valence-corrected chi connectivity index (χ4v) is 2.66. The van der Waals surface area contributed by atoms with Gasteiger partial charge in [-0.05, 0) is 44.6 Å². The Morgan fingerprint density at radius 3 is 2.29 bits per heavy atom. The van der Waals surface area contributed by atoms with Crippen molar-refractivity contribution in [3.63, 3.8) is 0 Å². The Labute approximate surface area is 102 Å². The predicted octanol–water partition coefficient (Wildman–Crippen LogP) is 4.28. The molecular formula is C13H24F3N. The third-order valence-electron chi connectivity index (χ3n) is 3.61. The van der Waals surface area contributed by atoms with Crippen LogP contribution in [0, 0.1) is 5.92 Å². The summed E-state index contributed by atoms with van der Waals surface area (Å²) in [6.45, 7) is 2.71. The highest BCUT2D eigenvalue weighted by Crippen LogP contribution is 2.27. The Bertz CT molecular complexity index is 195. The Morgan fingerprint density at radius 2 is 1.76 bits per heavy atom. The van der Waals surface area contributed by atoms with E-state index in [0.29, 0.717) is 12.6 Å². The molecule has 0 heterocycles. The molecule has 1 fully saturated rings. The van der Waals surface area contributed by atoms with Gasteiger partial charge in [0.05, 0.1) is 0 Å². The maximum atomic E-state index is 11.9. The zero-order valence-electron chi connectivity index (χ0n) is 10.7. The summed E-state index contributed by atoms with van der Waals surface area (Å²) < 4.78 is 35.8. The molecule has 1 nitrogen and oxygen atoms in total. The van der Waals surface area contributed by atoms with Crippen LogP contribution in [0.3, 0.4) is 0 Å². The molecule has 1 rings (SSSR count). The molecular weight excluding hydrogens is 227 g/mol. The lowest BCUT2D eigenvalue weighted by atomic mass is 9.83. The van der Waals surface area contributed by atoms with Crippen LogP contribution in [0.4, 0.5) is 13.2 Å². The van der Waals surface area contributed by atoms with E-state index in [-0.39, 0.29) is 6.42 Å². The van der Waals surface area contributed by atoms with Crippen molar-refractivity contribution in [2.75, 3.05) is 6.54 Å². The van der Waals surface area contributed by atoms with Gasteiger partial charge < -0.3 is 5.32 Å². The highest BCUT2D eigenvalue weighted by molar-refractivity contribution is 4.77. The Kier molecular flexibility index (Phi) is 6.31. The highest BCUT2D eigenvalue weighted by Gasteiger charge is 2.26. The van der Waals surface area contributed by atoms with Gasteiger partial charge in [-0.3, -0.25) is 0 Å². The van der Waals surface area contributed by atoms with Crippen LogP contribution in [0.1, 0.15) is 58.3 Å². The van der Waals surface area contributed by atoms with E-state index in [1.54, 1.807) is 0 Å². The fourth-order valence-electron chi connectivity index (χ4n) is 2.66. The molecule has 0 amide bonds. The van der Waals surface area contributed by atoms with E-state index in [2.05, 4.69) is 12.2 Å². The molecule has 1 saturated carbocycles. The molecule has 0 radical (unpaired) electrons. The van der Waals surface area contributed by atoms with Gasteiger partial charge in [0.25, 0.3) is 0 Å². The lowest BCUT2D eigenvalue weighted by Crippen LogP contribution is -2.34. The Morgan fingerprint density at radius 1 is 1.12 bits per heavy atom. The molecule has 0 atom stereocenters. The second-order valence-corrected chi connectivity index (χ2v) is 5.18. The molecule has 1 N–H and O–H groups in total. The normalized spacial score (nSPS) is 26.1. The van der Waals surface area contributed by atoms with Gasteiger partial charge in [0, 0.05) is 12.5 Å². The second-order valence-electron chi connectivity index (χ2n) is 5.18. The quantitative estimate of drug-likeness (QED) is 0.695. The van der Waals surface area contributed by atoms with Crippen molar-refractivity contribution in [3.8, 4) is 0 Å². The van der Waals surface area contributed by atoms with Crippen molar-refractivity contribution >= 4 is 0 Å². The number of halogens is 3. The van der Waals surface area contributed by atoms with Crippen molar-refractivity contribution in [2.24, 2.45) is 5.92 Å². The lowest BCUT2D eigenvalue weighted by Gasteiger charge is -2.29. The van der Waals surface area contributed by atoms with Gasteiger partial charge in [0.2, 0.25) is 0 Å². The largest absolute Gasteiger partial charge is 0.389 e. The van der Waals surface area contributed by atoms with Crippen LogP contribution in [0.5, 0.6) is 0 Å². The maximum Gasteiger partial charge on any atom is 0.389 e. The molecule has 0 saturated heterocycles. The van der Waals surface area contributed by atoms with Crippen LogP contribution in [0.2, 0.25) is 0 Å². The van der Waals surface area contributed by atoms with Crippen molar-refractivity contribution in [1.29, 1.82) is 0 Å². The van der Waals surface area contributed by atoms with E-state index in [0.717, 1.165) is 18.8 Å². The van der Waals surface area contributed by atoms with Crippen molar-refractivity contribution in [1.82, 2.24) is 5.32 Å². The average Bonchev–Trinajstić information content (AvgIpc) is 2.26. The van der Waals surface area contributed by atoms with Crippen molar-refractivity contribution in [3.05, 3.63) is 0 Å². The highest BCUT2D eigenvalue weighted by atomic mass is 19.4. The molecule has 1 aliphatic rings. The third kappa shape index (κ3) is 6.92. The fraction of sp³-hybridized carbons (Fsp3) is 1.00. The van der Waals surface area contributed by atoms with Gasteiger partial charge in [-0.15, -0.1) is 0 Å². The molecule has 0 aromatic carbocycles. The minimum absolute atomic E-state index is 0.207. The molecule has 0 aliphatic heterocycles. The van der Waals surface area contributed by atoms with Gasteiger partial charge in [0.15, 0.2) is 0 Å². The van der Waals surface area contributed by atoms with Gasteiger partial charge in [-0.2, -0.15) is 13.2 Å². The lowest BCUT2D eigenvalue weighted by molar-refractivity contribution is -0.135. The van der Waals surface area contributed by atoms with Crippen LogP contribution >= 0.6 is 0 Å². The topological polar surface area (TPSA) is 12.0 Å². The van der Waals surface area contributed by atoms with Crippen LogP contribution in [-0.4, -0.2) is 18.8 Å². The summed E-state index contributed by atoms with van der Waals surface area (Å²) in [5.41, 5.74) is 0. The first-order chi connectivity index (χ1) is 8.01. The first-order valence-corrected chi connectivity index (χ1v) is 6.81. The molecule has 0 spiro atoms. The van der Waals surface area contributed by atoms with Crippen LogP contribution in [0.15, 0.2) is 0 Å². The summed E-state index contributed by atoms with van der Waals surface area (Å²) in [5, 5.41) is 3.26. The number of rotatable bonds is 6. The Hall–Kier alpha value is -0.250. The zero-order valence-corrected chi connectivity index (χ0v) is 10.7. The van der Waals surface area contributed by atoms with E-state index in [1.807, 2.05) is 0 Å². The molecule has 1 aliphatic carbocycles. The molecule has 0 unspecified atom stereocenters. The standard InChI is InChI=1S/C13H24F3N/c1-2-4-11-5-7-12(8-6-11)17-10-3-9-13(14,15)16/h11-12,17H,2-10H2,1H3. The monoisotopic (exact) mass is 251 g/mol. The van der Waals surface area contributed by atoms with E-state index < -0.39 is 12.6 Å². The minimum Gasteiger partial charge on any atom is -0.314 e. The molecule has 0 bridgehead atoms. The van der Waals surface area contributed by atoms with E-state index in [1.165, 1.54) is 25.7 Å². The maximum absolute atomic E-state index is 11.9. The SMILES string of the molecule is CCCC1CCC(NCCCC(F)(F)F)CC1. The summed E-state index contributed by atoms with van der Waals surface area (Å²) >= 11 is 0. The summed E-state index contributed by atoms with van der Waals surface area (Å²) in [6, 6.07) is 0.455. The number of alkyl halides is 3. The van der Waals surface area contributed by atoms with Crippen molar-refractivity contribution < 1.29 is 13.2 Å².